The van der Waals surface area contributed by atoms with Gasteiger partial charge < -0.3 is 10.2 Å². The molecule has 1 fully saturated rings. The number of hydrogen-bond acceptors (Lipinski definition) is 3. The summed E-state index contributed by atoms with van der Waals surface area (Å²) >= 11 is 5.90. The molecule has 0 unspecified atom stereocenters. The van der Waals surface area contributed by atoms with E-state index in [1.54, 1.807) is 24.3 Å². The fraction of sp³-hybridized carbons (Fsp3) is 0.391. The van der Waals surface area contributed by atoms with E-state index in [9.17, 15) is 9.59 Å². The topological polar surface area (TPSA) is 52.7 Å². The maximum Gasteiger partial charge on any atom is 0.253 e. The molecule has 1 aliphatic heterocycles. The Kier molecular flexibility index (Phi) is 7.29. The third kappa shape index (κ3) is 6.05. The van der Waals surface area contributed by atoms with Crippen molar-refractivity contribution in [2.24, 2.45) is 5.92 Å². The third-order valence-electron chi connectivity index (χ3n) is 5.02. The van der Waals surface area contributed by atoms with E-state index in [4.69, 9.17) is 11.6 Å². The van der Waals surface area contributed by atoms with Gasteiger partial charge in [0.15, 0.2) is 0 Å². The van der Waals surface area contributed by atoms with Crippen LogP contribution in [0.15, 0.2) is 48.5 Å². The van der Waals surface area contributed by atoms with Crippen molar-refractivity contribution in [3.8, 4) is 0 Å². The summed E-state index contributed by atoms with van der Waals surface area (Å²) in [7, 11) is 0. The zero-order valence-corrected chi connectivity index (χ0v) is 17.8. The summed E-state index contributed by atoms with van der Waals surface area (Å²) in [6.45, 7) is 8.60. The van der Waals surface area contributed by atoms with Gasteiger partial charge >= 0.3 is 0 Å². The fourth-order valence-electron chi connectivity index (χ4n) is 3.35. The van der Waals surface area contributed by atoms with Crippen molar-refractivity contribution in [1.82, 2.24) is 15.1 Å². The molecular weight excluding hydrogens is 386 g/mol. The van der Waals surface area contributed by atoms with Crippen LogP contribution in [-0.2, 0) is 6.54 Å². The van der Waals surface area contributed by atoms with Gasteiger partial charge in [-0.2, -0.15) is 0 Å². The van der Waals surface area contributed by atoms with E-state index in [0.717, 1.165) is 25.2 Å². The SMILES string of the molecule is CC(C)CNC(=O)c1cccc(CN2CCN(C(=O)c3ccc(Cl)cc3)CC2)c1. The maximum atomic E-state index is 12.6. The van der Waals surface area contributed by atoms with Crippen molar-refractivity contribution in [1.29, 1.82) is 0 Å². The maximum absolute atomic E-state index is 12.6. The van der Waals surface area contributed by atoms with Crippen LogP contribution in [0.3, 0.4) is 0 Å². The smallest absolute Gasteiger partial charge is 0.253 e. The van der Waals surface area contributed by atoms with Crippen molar-refractivity contribution >= 4 is 23.4 Å². The highest BCUT2D eigenvalue weighted by Crippen LogP contribution is 2.15. The molecule has 6 heteroatoms. The summed E-state index contributed by atoms with van der Waals surface area (Å²) in [5, 5.41) is 3.59. The normalized spacial score (nSPS) is 14.8. The van der Waals surface area contributed by atoms with E-state index in [1.807, 2.05) is 29.2 Å². The molecule has 1 N–H and O–H groups in total. The van der Waals surface area contributed by atoms with Gasteiger partial charge in [0.05, 0.1) is 0 Å². The summed E-state index contributed by atoms with van der Waals surface area (Å²) in [5.41, 5.74) is 2.47. The van der Waals surface area contributed by atoms with Gasteiger partial charge in [0.1, 0.15) is 0 Å². The molecule has 1 saturated heterocycles. The van der Waals surface area contributed by atoms with Crippen molar-refractivity contribution in [2.45, 2.75) is 20.4 Å². The molecule has 2 amide bonds. The summed E-state index contributed by atoms with van der Waals surface area (Å²) in [6.07, 6.45) is 0. The molecule has 0 radical (unpaired) electrons. The molecule has 29 heavy (non-hydrogen) atoms. The lowest BCUT2D eigenvalue weighted by atomic mass is 10.1. The molecule has 2 aromatic rings. The number of halogens is 1. The van der Waals surface area contributed by atoms with Gasteiger partial charge in [-0.25, -0.2) is 0 Å². The second-order valence-corrected chi connectivity index (χ2v) is 8.32. The highest BCUT2D eigenvalue weighted by atomic mass is 35.5. The predicted octanol–water partition coefficient (Wildman–Crippen LogP) is 3.68. The molecule has 3 rings (SSSR count). The largest absolute Gasteiger partial charge is 0.352 e. The Hall–Kier alpha value is -2.37. The van der Waals surface area contributed by atoms with E-state index >= 15 is 0 Å². The van der Waals surface area contributed by atoms with Crippen molar-refractivity contribution in [3.05, 3.63) is 70.2 Å². The number of carbonyl (C=O) groups excluding carboxylic acids is 2. The van der Waals surface area contributed by atoms with Crippen LogP contribution in [0.2, 0.25) is 5.02 Å². The van der Waals surface area contributed by atoms with E-state index < -0.39 is 0 Å². The van der Waals surface area contributed by atoms with Crippen LogP contribution in [0.5, 0.6) is 0 Å². The van der Waals surface area contributed by atoms with E-state index in [-0.39, 0.29) is 11.8 Å². The summed E-state index contributed by atoms with van der Waals surface area (Å²) in [6, 6.07) is 14.8. The van der Waals surface area contributed by atoms with E-state index in [2.05, 4.69) is 24.1 Å². The average Bonchev–Trinajstić information content (AvgIpc) is 2.73. The molecule has 0 atom stereocenters. The lowest BCUT2D eigenvalue weighted by Gasteiger charge is -2.34. The summed E-state index contributed by atoms with van der Waals surface area (Å²) < 4.78 is 0. The second kappa shape index (κ2) is 9.90. The van der Waals surface area contributed by atoms with Gasteiger partial charge in [0, 0.05) is 55.4 Å². The lowest BCUT2D eigenvalue weighted by molar-refractivity contribution is 0.0628. The molecule has 0 aromatic heterocycles. The van der Waals surface area contributed by atoms with Gasteiger partial charge in [-0.05, 0) is 47.9 Å². The minimum Gasteiger partial charge on any atom is -0.352 e. The number of carbonyl (C=O) groups is 2. The molecule has 1 heterocycles. The number of benzene rings is 2. The Morgan fingerprint density at radius 1 is 1.00 bits per heavy atom. The first-order chi connectivity index (χ1) is 13.9. The van der Waals surface area contributed by atoms with Crippen LogP contribution in [0.25, 0.3) is 0 Å². The first kappa shape index (κ1) is 21.3. The van der Waals surface area contributed by atoms with Crippen LogP contribution >= 0.6 is 11.6 Å². The molecule has 1 aliphatic rings. The Morgan fingerprint density at radius 3 is 2.34 bits per heavy atom. The van der Waals surface area contributed by atoms with Gasteiger partial charge in [0.2, 0.25) is 0 Å². The average molecular weight is 414 g/mol. The third-order valence-corrected chi connectivity index (χ3v) is 5.27. The quantitative estimate of drug-likeness (QED) is 0.785. The van der Waals surface area contributed by atoms with Crippen LogP contribution in [0, 0.1) is 5.92 Å². The number of amides is 2. The minimum atomic E-state index is -0.0288. The van der Waals surface area contributed by atoms with E-state index in [0.29, 0.717) is 41.7 Å². The first-order valence-corrected chi connectivity index (χ1v) is 10.4. The molecule has 154 valence electrons. The van der Waals surface area contributed by atoms with Crippen molar-refractivity contribution < 1.29 is 9.59 Å². The highest BCUT2D eigenvalue weighted by molar-refractivity contribution is 6.30. The Labute approximate surface area is 177 Å². The van der Waals surface area contributed by atoms with Gasteiger partial charge in [-0.3, -0.25) is 14.5 Å². The zero-order chi connectivity index (χ0) is 20.8. The fourth-order valence-corrected chi connectivity index (χ4v) is 3.48. The number of nitrogens with zero attached hydrogens (tertiary/aromatic N) is 2. The molecule has 0 spiro atoms. The van der Waals surface area contributed by atoms with E-state index in [1.165, 1.54) is 0 Å². The van der Waals surface area contributed by atoms with Crippen LogP contribution in [0.1, 0.15) is 40.1 Å². The molecule has 2 aromatic carbocycles. The van der Waals surface area contributed by atoms with Crippen LogP contribution in [-0.4, -0.2) is 54.3 Å². The molecule has 0 bridgehead atoms. The number of piperazine rings is 1. The monoisotopic (exact) mass is 413 g/mol. The standard InChI is InChI=1S/C23H28ClN3O2/c1-17(2)15-25-22(28)20-5-3-4-18(14-20)16-26-10-12-27(13-11-26)23(29)19-6-8-21(24)9-7-19/h3-9,14,17H,10-13,15-16H2,1-2H3,(H,25,28). The highest BCUT2D eigenvalue weighted by Gasteiger charge is 2.22. The lowest BCUT2D eigenvalue weighted by Crippen LogP contribution is -2.48. The predicted molar refractivity (Wildman–Crippen MR) is 116 cm³/mol. The Balaban J connectivity index is 1.53. The summed E-state index contributed by atoms with van der Waals surface area (Å²) in [5.74, 6) is 0.443. The number of nitrogens with one attached hydrogen (secondary N) is 1. The van der Waals surface area contributed by atoms with Crippen LogP contribution < -0.4 is 5.32 Å². The van der Waals surface area contributed by atoms with Gasteiger partial charge in [0.25, 0.3) is 11.8 Å². The van der Waals surface area contributed by atoms with Crippen LogP contribution in [0.4, 0.5) is 0 Å². The second-order valence-electron chi connectivity index (χ2n) is 7.88. The molecule has 0 saturated carbocycles. The number of hydrogen-bond donors (Lipinski definition) is 1. The first-order valence-electron chi connectivity index (χ1n) is 10.1. The number of rotatable bonds is 6. The van der Waals surface area contributed by atoms with Gasteiger partial charge in [-0.15, -0.1) is 0 Å². The van der Waals surface area contributed by atoms with Crippen molar-refractivity contribution in [2.75, 3.05) is 32.7 Å². The Bertz CT molecular complexity index is 843. The molecular formula is C23H28ClN3O2. The zero-order valence-electron chi connectivity index (χ0n) is 17.0. The minimum absolute atomic E-state index is 0.0288. The van der Waals surface area contributed by atoms with Gasteiger partial charge in [-0.1, -0.05) is 37.6 Å². The van der Waals surface area contributed by atoms with Crippen molar-refractivity contribution in [3.63, 3.8) is 0 Å². The molecule has 5 nitrogen and oxygen atoms in total. The summed E-state index contributed by atoms with van der Waals surface area (Å²) in [4.78, 5) is 29.1. The molecule has 0 aliphatic carbocycles. The Morgan fingerprint density at radius 2 is 1.69 bits per heavy atom.